The number of furan rings is 1. The molecule has 156 valence electrons. The molecule has 0 atom stereocenters. The van der Waals surface area contributed by atoms with Crippen LogP contribution < -0.4 is 4.90 Å². The third kappa shape index (κ3) is 4.67. The topological polar surface area (TPSA) is 83.3 Å². The largest absolute Gasteiger partial charge is 0.441 e. The summed E-state index contributed by atoms with van der Waals surface area (Å²) in [4.78, 5) is 42.7. The molecule has 0 radical (unpaired) electrons. The van der Waals surface area contributed by atoms with Gasteiger partial charge in [0.2, 0.25) is 5.91 Å². The number of nitrogens with zero attached hydrogens (tertiary/aromatic N) is 3. The van der Waals surface area contributed by atoms with Crippen LogP contribution in [0, 0.1) is 0 Å². The lowest BCUT2D eigenvalue weighted by Gasteiger charge is -2.26. The first-order valence-corrected chi connectivity index (χ1v) is 10.9. The molecule has 0 N–H and O–H groups in total. The Morgan fingerprint density at radius 3 is 2.48 bits per heavy atom. The molecule has 3 saturated heterocycles. The van der Waals surface area contributed by atoms with Crippen molar-refractivity contribution in [2.45, 2.75) is 25.7 Å². The van der Waals surface area contributed by atoms with E-state index in [0.29, 0.717) is 32.1 Å². The molecule has 9 heteroatoms. The normalized spacial score (nSPS) is 22.5. The summed E-state index contributed by atoms with van der Waals surface area (Å²) in [7, 11) is 0. The predicted molar refractivity (Wildman–Crippen MR) is 109 cm³/mol. The van der Waals surface area contributed by atoms with Crippen molar-refractivity contribution in [3.8, 4) is 0 Å². The van der Waals surface area contributed by atoms with E-state index in [1.54, 1.807) is 17.0 Å². The van der Waals surface area contributed by atoms with Crippen molar-refractivity contribution in [3.05, 3.63) is 22.8 Å². The number of likely N-dealkylation sites (tertiary alicyclic amines) is 1. The molecular formula is C20H25N3O5S. The van der Waals surface area contributed by atoms with E-state index in [4.69, 9.17) is 9.15 Å². The van der Waals surface area contributed by atoms with E-state index >= 15 is 0 Å². The van der Waals surface area contributed by atoms with Crippen LogP contribution in [0.15, 0.2) is 21.5 Å². The van der Waals surface area contributed by atoms with Crippen LogP contribution in [0.1, 0.15) is 31.4 Å². The fourth-order valence-corrected chi connectivity index (χ4v) is 4.51. The van der Waals surface area contributed by atoms with E-state index in [-0.39, 0.29) is 17.4 Å². The summed E-state index contributed by atoms with van der Waals surface area (Å²) < 4.78 is 11.2. The van der Waals surface area contributed by atoms with Gasteiger partial charge in [-0.05, 0) is 30.7 Å². The molecule has 3 amide bonds. The Bertz CT molecular complexity index is 807. The van der Waals surface area contributed by atoms with E-state index in [1.807, 2.05) is 6.07 Å². The Balaban J connectivity index is 1.41. The van der Waals surface area contributed by atoms with Gasteiger partial charge in [-0.15, -0.1) is 0 Å². The second kappa shape index (κ2) is 9.04. The van der Waals surface area contributed by atoms with Gasteiger partial charge in [-0.1, -0.05) is 12.8 Å². The summed E-state index contributed by atoms with van der Waals surface area (Å²) >= 11 is 0.848. The van der Waals surface area contributed by atoms with Crippen LogP contribution in [0.4, 0.5) is 10.7 Å². The van der Waals surface area contributed by atoms with Gasteiger partial charge < -0.3 is 19.0 Å². The number of morpholine rings is 1. The fraction of sp³-hybridized carbons (Fsp3) is 0.550. The highest BCUT2D eigenvalue weighted by Crippen LogP contribution is 2.33. The molecule has 1 aromatic heterocycles. The highest BCUT2D eigenvalue weighted by atomic mass is 32.2. The number of thioether (sulfide) groups is 1. The highest BCUT2D eigenvalue weighted by Gasteiger charge is 2.37. The van der Waals surface area contributed by atoms with Crippen LogP contribution in [-0.2, 0) is 14.3 Å². The Labute approximate surface area is 173 Å². The first-order chi connectivity index (χ1) is 14.1. The molecule has 29 heavy (non-hydrogen) atoms. The van der Waals surface area contributed by atoms with E-state index < -0.39 is 11.1 Å². The molecule has 3 aliphatic rings. The van der Waals surface area contributed by atoms with Gasteiger partial charge in [0.05, 0.1) is 18.1 Å². The van der Waals surface area contributed by atoms with E-state index in [9.17, 15) is 14.4 Å². The molecular weight excluding hydrogens is 394 g/mol. The summed E-state index contributed by atoms with van der Waals surface area (Å²) in [5, 5.41) is -0.413. The molecule has 0 aliphatic carbocycles. The number of hydrogen-bond donors (Lipinski definition) is 0. The maximum absolute atomic E-state index is 12.7. The van der Waals surface area contributed by atoms with Gasteiger partial charge >= 0.3 is 0 Å². The van der Waals surface area contributed by atoms with Crippen LogP contribution in [0.5, 0.6) is 0 Å². The zero-order valence-corrected chi connectivity index (χ0v) is 17.1. The Morgan fingerprint density at radius 1 is 1.03 bits per heavy atom. The molecule has 0 saturated carbocycles. The zero-order chi connectivity index (χ0) is 20.2. The van der Waals surface area contributed by atoms with Crippen molar-refractivity contribution in [1.82, 2.24) is 9.80 Å². The van der Waals surface area contributed by atoms with Crippen LogP contribution in [0.2, 0.25) is 0 Å². The lowest BCUT2D eigenvalue weighted by atomic mass is 10.2. The smallest absolute Gasteiger partial charge is 0.294 e. The Morgan fingerprint density at radius 2 is 1.76 bits per heavy atom. The summed E-state index contributed by atoms with van der Waals surface area (Å²) in [5.41, 5.74) is 0. The van der Waals surface area contributed by atoms with Crippen molar-refractivity contribution >= 4 is 40.8 Å². The molecule has 4 heterocycles. The molecule has 0 aromatic carbocycles. The predicted octanol–water partition coefficient (Wildman–Crippen LogP) is 2.56. The lowest BCUT2D eigenvalue weighted by Crippen LogP contribution is -2.42. The third-order valence-corrected chi connectivity index (χ3v) is 6.24. The zero-order valence-electron chi connectivity index (χ0n) is 16.3. The second-order valence-electron chi connectivity index (χ2n) is 7.34. The number of carbonyl (C=O) groups is 3. The molecule has 0 bridgehead atoms. The maximum Gasteiger partial charge on any atom is 0.294 e. The molecule has 3 fully saturated rings. The number of rotatable bonds is 4. The Hall–Kier alpha value is -2.26. The molecule has 8 nitrogen and oxygen atoms in total. The van der Waals surface area contributed by atoms with E-state index in [1.165, 1.54) is 0 Å². The monoisotopic (exact) mass is 419 g/mol. The number of anilines is 1. The van der Waals surface area contributed by atoms with Crippen LogP contribution in [0.25, 0.3) is 6.08 Å². The third-order valence-electron chi connectivity index (χ3n) is 5.33. The van der Waals surface area contributed by atoms with Crippen LogP contribution in [-0.4, -0.2) is 72.8 Å². The van der Waals surface area contributed by atoms with Crippen molar-refractivity contribution in [3.63, 3.8) is 0 Å². The summed E-state index contributed by atoms with van der Waals surface area (Å²) in [5.74, 6) is 0.626. The SMILES string of the molecule is O=C(CN1C(=O)SC(=Cc2ccc(N3CCOCC3)o2)C1=O)N1CCCCCC1. The Kier molecular flexibility index (Phi) is 6.25. The van der Waals surface area contributed by atoms with Gasteiger partial charge in [-0.2, -0.15) is 0 Å². The molecule has 4 rings (SSSR count). The number of imide groups is 1. The van der Waals surface area contributed by atoms with Crippen LogP contribution in [0.3, 0.4) is 0 Å². The van der Waals surface area contributed by atoms with Crippen molar-refractivity contribution < 1.29 is 23.5 Å². The van der Waals surface area contributed by atoms with E-state index in [2.05, 4.69) is 4.90 Å². The quantitative estimate of drug-likeness (QED) is 0.694. The van der Waals surface area contributed by atoms with Crippen molar-refractivity contribution in [1.29, 1.82) is 0 Å². The minimum Gasteiger partial charge on any atom is -0.441 e. The standard InChI is InChI=1S/C20H25N3O5S/c24-17(21-7-3-1-2-4-8-21)14-23-19(25)16(29-20(23)26)13-15-5-6-18(28-15)22-9-11-27-12-10-22/h5-6,13H,1-4,7-12,14H2. The van der Waals surface area contributed by atoms with Gasteiger partial charge in [0, 0.05) is 38.3 Å². The highest BCUT2D eigenvalue weighted by molar-refractivity contribution is 8.18. The average Bonchev–Trinajstić information content (AvgIpc) is 3.16. The van der Waals surface area contributed by atoms with Gasteiger partial charge in [0.15, 0.2) is 5.88 Å². The van der Waals surface area contributed by atoms with Crippen molar-refractivity contribution in [2.24, 2.45) is 0 Å². The van der Waals surface area contributed by atoms with Gasteiger partial charge in [-0.3, -0.25) is 19.3 Å². The number of ether oxygens (including phenoxy) is 1. The summed E-state index contributed by atoms with van der Waals surface area (Å²) in [6.07, 6.45) is 5.74. The number of hydrogen-bond acceptors (Lipinski definition) is 7. The fourth-order valence-electron chi connectivity index (χ4n) is 3.69. The molecule has 0 spiro atoms. The summed E-state index contributed by atoms with van der Waals surface area (Å²) in [6.45, 7) is 4.01. The minimum atomic E-state index is -0.438. The number of carbonyl (C=O) groups excluding carboxylic acids is 3. The number of amides is 3. The maximum atomic E-state index is 12.7. The first-order valence-electron chi connectivity index (χ1n) is 10.1. The second-order valence-corrected chi connectivity index (χ2v) is 8.33. The van der Waals surface area contributed by atoms with Gasteiger partial charge in [0.1, 0.15) is 12.3 Å². The average molecular weight is 420 g/mol. The summed E-state index contributed by atoms with van der Waals surface area (Å²) in [6, 6.07) is 3.63. The van der Waals surface area contributed by atoms with E-state index in [0.717, 1.165) is 61.3 Å². The molecule has 0 unspecified atom stereocenters. The van der Waals surface area contributed by atoms with Gasteiger partial charge in [0.25, 0.3) is 11.1 Å². The van der Waals surface area contributed by atoms with Crippen LogP contribution >= 0.6 is 11.8 Å². The molecule has 1 aromatic rings. The molecule has 3 aliphatic heterocycles. The van der Waals surface area contributed by atoms with Crippen molar-refractivity contribution in [2.75, 3.05) is 50.8 Å². The van der Waals surface area contributed by atoms with Gasteiger partial charge in [-0.25, -0.2) is 0 Å². The lowest BCUT2D eigenvalue weighted by molar-refractivity contribution is -0.135. The first kappa shape index (κ1) is 20.0. The minimum absolute atomic E-state index is 0.164.